The molecule has 0 aliphatic rings. The summed E-state index contributed by atoms with van der Waals surface area (Å²) in [4.78, 5) is 24.1. The number of nitrogens with one attached hydrogen (secondary N) is 1. The topological polar surface area (TPSA) is 99.9 Å². The summed E-state index contributed by atoms with van der Waals surface area (Å²) in [7, 11) is 2.96. The minimum Gasteiger partial charge on any atom is -0.493 e. The van der Waals surface area contributed by atoms with Gasteiger partial charge < -0.3 is 24.1 Å². The van der Waals surface area contributed by atoms with Crippen molar-refractivity contribution in [1.82, 2.24) is 5.16 Å². The Balaban J connectivity index is 2.01. The molecule has 1 aromatic heterocycles. The molecule has 1 N–H and O–H groups in total. The van der Waals surface area contributed by atoms with E-state index in [9.17, 15) is 9.59 Å². The lowest BCUT2D eigenvalue weighted by Crippen LogP contribution is -2.30. The molecule has 2 rings (SSSR count). The van der Waals surface area contributed by atoms with E-state index in [0.717, 1.165) is 0 Å². The number of esters is 1. The maximum atomic E-state index is 12.2. The highest BCUT2D eigenvalue weighted by Crippen LogP contribution is 2.27. The number of aryl methyl sites for hydroxylation is 1. The number of nitrogens with zero attached hydrogens (tertiary/aromatic N) is 1. The second-order valence-corrected chi connectivity index (χ2v) is 4.93. The van der Waals surface area contributed by atoms with Crippen molar-refractivity contribution >= 4 is 17.7 Å². The Labute approximate surface area is 138 Å². The third kappa shape index (κ3) is 4.03. The van der Waals surface area contributed by atoms with E-state index in [1.165, 1.54) is 33.3 Å². The van der Waals surface area contributed by atoms with E-state index in [4.69, 9.17) is 18.7 Å². The Morgan fingerprint density at radius 2 is 1.88 bits per heavy atom. The molecule has 0 bridgehead atoms. The fraction of sp³-hybridized carbons (Fsp3) is 0.312. The first-order valence-electron chi connectivity index (χ1n) is 7.11. The van der Waals surface area contributed by atoms with Crippen molar-refractivity contribution in [3.63, 3.8) is 0 Å². The van der Waals surface area contributed by atoms with Crippen molar-refractivity contribution in [3.8, 4) is 11.5 Å². The Kier molecular flexibility index (Phi) is 5.41. The van der Waals surface area contributed by atoms with Crippen LogP contribution in [0.2, 0.25) is 0 Å². The van der Waals surface area contributed by atoms with Crippen molar-refractivity contribution in [2.24, 2.45) is 0 Å². The van der Waals surface area contributed by atoms with Crippen LogP contribution in [0.5, 0.6) is 11.5 Å². The van der Waals surface area contributed by atoms with Gasteiger partial charge in [-0.3, -0.25) is 4.79 Å². The summed E-state index contributed by atoms with van der Waals surface area (Å²) >= 11 is 0. The van der Waals surface area contributed by atoms with Crippen molar-refractivity contribution in [2.75, 3.05) is 19.5 Å². The quantitative estimate of drug-likeness (QED) is 0.808. The summed E-state index contributed by atoms with van der Waals surface area (Å²) in [5.74, 6) is 0.516. The van der Waals surface area contributed by atoms with Crippen molar-refractivity contribution in [3.05, 3.63) is 35.6 Å². The lowest BCUT2D eigenvalue weighted by molar-refractivity contribution is -0.123. The van der Waals surface area contributed by atoms with Gasteiger partial charge >= 0.3 is 5.97 Å². The van der Waals surface area contributed by atoms with Crippen molar-refractivity contribution in [2.45, 2.75) is 20.0 Å². The molecule has 8 nitrogen and oxygen atoms in total. The molecule has 8 heteroatoms. The molecule has 2 aromatic rings. The Morgan fingerprint density at radius 1 is 1.17 bits per heavy atom. The average molecular weight is 334 g/mol. The van der Waals surface area contributed by atoms with Crippen LogP contribution in [-0.4, -0.2) is 37.4 Å². The lowest BCUT2D eigenvalue weighted by Gasteiger charge is -2.13. The van der Waals surface area contributed by atoms with Crippen LogP contribution >= 0.6 is 0 Å². The van der Waals surface area contributed by atoms with Crippen molar-refractivity contribution < 1.29 is 28.3 Å². The highest BCUT2D eigenvalue weighted by Gasteiger charge is 2.21. The molecule has 0 aliphatic heterocycles. The summed E-state index contributed by atoms with van der Waals surface area (Å²) in [6.07, 6.45) is -1.01. The molecule has 0 saturated heterocycles. The van der Waals surface area contributed by atoms with E-state index in [1.54, 1.807) is 19.1 Å². The highest BCUT2D eigenvalue weighted by molar-refractivity contribution is 5.97. The van der Waals surface area contributed by atoms with E-state index in [1.807, 2.05) is 0 Å². The molecule has 1 heterocycles. The number of carbonyl (C=O) groups is 2. The van der Waals surface area contributed by atoms with E-state index in [0.29, 0.717) is 17.3 Å². The van der Waals surface area contributed by atoms with E-state index in [-0.39, 0.29) is 11.4 Å². The largest absolute Gasteiger partial charge is 0.493 e. The zero-order chi connectivity index (χ0) is 17.7. The van der Waals surface area contributed by atoms with Crippen LogP contribution in [0.1, 0.15) is 23.0 Å². The smallest absolute Gasteiger partial charge is 0.339 e. The number of anilines is 1. The minimum atomic E-state index is -1.01. The van der Waals surface area contributed by atoms with Crippen LogP contribution in [-0.2, 0) is 9.53 Å². The molecule has 128 valence electrons. The van der Waals surface area contributed by atoms with Crippen molar-refractivity contribution in [1.29, 1.82) is 0 Å². The Morgan fingerprint density at radius 3 is 2.46 bits per heavy atom. The first-order chi connectivity index (χ1) is 11.4. The number of hydrogen-bond donors (Lipinski definition) is 1. The predicted molar refractivity (Wildman–Crippen MR) is 84.3 cm³/mol. The number of benzene rings is 1. The molecule has 0 fully saturated rings. The molecule has 0 radical (unpaired) electrons. The van der Waals surface area contributed by atoms with Gasteiger partial charge in [-0.25, -0.2) is 4.79 Å². The summed E-state index contributed by atoms with van der Waals surface area (Å²) in [5.41, 5.74) is 0.240. The van der Waals surface area contributed by atoms with Crippen LogP contribution < -0.4 is 14.8 Å². The Hall–Kier alpha value is -3.03. The molecule has 1 amide bonds. The summed E-state index contributed by atoms with van der Waals surface area (Å²) in [6, 6.07) is 6.14. The number of hydrogen-bond acceptors (Lipinski definition) is 7. The number of rotatable bonds is 6. The van der Waals surface area contributed by atoms with Crippen LogP contribution in [0.25, 0.3) is 0 Å². The molecule has 1 aromatic carbocycles. The van der Waals surface area contributed by atoms with Gasteiger partial charge in [-0.2, -0.15) is 0 Å². The maximum absolute atomic E-state index is 12.2. The summed E-state index contributed by atoms with van der Waals surface area (Å²) < 4.78 is 20.2. The highest BCUT2D eigenvalue weighted by atomic mass is 16.5. The van der Waals surface area contributed by atoms with Gasteiger partial charge in [-0.05, 0) is 32.0 Å². The first kappa shape index (κ1) is 17.3. The van der Waals surface area contributed by atoms with E-state index >= 15 is 0 Å². The first-order valence-corrected chi connectivity index (χ1v) is 7.11. The fourth-order valence-corrected chi connectivity index (χ4v) is 1.90. The molecular weight excluding hydrogens is 316 g/mol. The molecular formula is C16H18N2O6. The zero-order valence-electron chi connectivity index (χ0n) is 13.8. The Bertz CT molecular complexity index is 740. The summed E-state index contributed by atoms with van der Waals surface area (Å²) in [5, 5.41) is 6.13. The second-order valence-electron chi connectivity index (χ2n) is 4.93. The molecule has 0 spiro atoms. The summed E-state index contributed by atoms with van der Waals surface area (Å²) in [6.45, 7) is 3.16. The van der Waals surface area contributed by atoms with E-state index < -0.39 is 18.0 Å². The monoisotopic (exact) mass is 334 g/mol. The third-order valence-electron chi connectivity index (χ3n) is 3.15. The fourth-order valence-electron chi connectivity index (χ4n) is 1.90. The number of aromatic nitrogens is 1. The minimum absolute atomic E-state index is 0.240. The number of ether oxygens (including phenoxy) is 3. The predicted octanol–water partition coefficient (Wildman–Crippen LogP) is 2.18. The van der Waals surface area contributed by atoms with Crippen LogP contribution in [0, 0.1) is 6.92 Å². The van der Waals surface area contributed by atoms with Gasteiger partial charge in [0.05, 0.1) is 19.8 Å². The second kappa shape index (κ2) is 7.49. The number of amides is 1. The normalized spacial score (nSPS) is 11.5. The number of carbonyl (C=O) groups excluding carboxylic acids is 2. The molecule has 1 atom stereocenters. The lowest BCUT2D eigenvalue weighted by atomic mass is 10.2. The van der Waals surface area contributed by atoms with Gasteiger partial charge in [0, 0.05) is 6.07 Å². The van der Waals surface area contributed by atoms with Crippen LogP contribution in [0.4, 0.5) is 5.82 Å². The van der Waals surface area contributed by atoms with Gasteiger partial charge in [-0.15, -0.1) is 0 Å². The van der Waals surface area contributed by atoms with Crippen LogP contribution in [0.3, 0.4) is 0 Å². The van der Waals surface area contributed by atoms with Gasteiger partial charge in [0.2, 0.25) is 0 Å². The molecule has 0 saturated carbocycles. The molecule has 24 heavy (non-hydrogen) atoms. The standard InChI is InChI=1S/C16H18N2O6/c1-9-7-14(18-24-9)17-15(19)10(2)23-16(20)11-5-6-12(21-3)13(8-11)22-4/h5-8,10H,1-4H3,(H,17,18,19)/t10-/m1/s1. The molecule has 0 unspecified atom stereocenters. The maximum Gasteiger partial charge on any atom is 0.339 e. The third-order valence-corrected chi connectivity index (χ3v) is 3.15. The molecule has 0 aliphatic carbocycles. The zero-order valence-corrected chi connectivity index (χ0v) is 13.8. The van der Waals surface area contributed by atoms with Gasteiger partial charge in [0.1, 0.15) is 5.76 Å². The van der Waals surface area contributed by atoms with Gasteiger partial charge in [-0.1, -0.05) is 5.16 Å². The SMILES string of the molecule is COc1ccc(C(=O)O[C@H](C)C(=O)Nc2cc(C)on2)cc1OC. The van der Waals surface area contributed by atoms with E-state index in [2.05, 4.69) is 10.5 Å². The number of methoxy groups -OCH3 is 2. The van der Waals surface area contributed by atoms with Gasteiger partial charge in [0.25, 0.3) is 5.91 Å². The average Bonchev–Trinajstić information content (AvgIpc) is 2.98. The van der Waals surface area contributed by atoms with Crippen LogP contribution in [0.15, 0.2) is 28.8 Å². The van der Waals surface area contributed by atoms with Gasteiger partial charge in [0.15, 0.2) is 23.4 Å².